The minimum Gasteiger partial charge on any atom is -0.349 e. The number of benzene rings is 1. The van der Waals surface area contributed by atoms with Crippen LogP contribution in [0.2, 0.25) is 0 Å². The highest BCUT2D eigenvalue weighted by molar-refractivity contribution is 5.96. The molecule has 0 aromatic heterocycles. The van der Waals surface area contributed by atoms with Gasteiger partial charge >= 0.3 is 0 Å². The Kier molecular flexibility index (Phi) is 7.45. The second-order valence-electron chi connectivity index (χ2n) is 6.37. The highest BCUT2D eigenvalue weighted by Crippen LogP contribution is 2.32. The third-order valence-electron chi connectivity index (χ3n) is 4.39. The van der Waals surface area contributed by atoms with Gasteiger partial charge in [-0.25, -0.2) is 0 Å². The number of nitrogens with one attached hydrogen (secondary N) is 2. The van der Waals surface area contributed by atoms with Crippen LogP contribution in [0.15, 0.2) is 36.9 Å². The molecule has 24 heavy (non-hydrogen) atoms. The molecule has 1 aliphatic carbocycles. The van der Waals surface area contributed by atoms with E-state index in [0.717, 1.165) is 25.7 Å². The molecule has 0 bridgehead atoms. The highest BCUT2D eigenvalue weighted by Gasteiger charge is 2.37. The number of amides is 2. The van der Waals surface area contributed by atoms with E-state index < -0.39 is 5.54 Å². The molecule has 0 radical (unpaired) electrons. The van der Waals surface area contributed by atoms with Gasteiger partial charge in [0.1, 0.15) is 0 Å². The number of hydrogen-bond donors (Lipinski definition) is 3. The molecule has 1 aromatic rings. The highest BCUT2D eigenvalue weighted by atomic mass is 35.5. The lowest BCUT2D eigenvalue weighted by Crippen LogP contribution is -2.51. The zero-order valence-electron chi connectivity index (χ0n) is 14.0. The van der Waals surface area contributed by atoms with Gasteiger partial charge < -0.3 is 16.4 Å². The third kappa shape index (κ3) is 5.08. The van der Waals surface area contributed by atoms with Gasteiger partial charge in [0.2, 0.25) is 5.91 Å². The van der Waals surface area contributed by atoms with Crippen molar-refractivity contribution in [2.24, 2.45) is 11.7 Å². The van der Waals surface area contributed by atoms with Crippen LogP contribution < -0.4 is 16.4 Å². The molecule has 132 valence electrons. The summed E-state index contributed by atoms with van der Waals surface area (Å²) in [6, 6.07) is 6.85. The van der Waals surface area contributed by atoms with E-state index in [2.05, 4.69) is 17.2 Å². The summed E-state index contributed by atoms with van der Waals surface area (Å²) in [6.07, 6.45) is 5.42. The summed E-state index contributed by atoms with van der Waals surface area (Å²) < 4.78 is 0. The first-order chi connectivity index (χ1) is 10.9. The fourth-order valence-electron chi connectivity index (χ4n) is 2.99. The maximum absolute atomic E-state index is 12.5. The van der Waals surface area contributed by atoms with Gasteiger partial charge in [-0.3, -0.25) is 9.59 Å². The summed E-state index contributed by atoms with van der Waals surface area (Å²) >= 11 is 0. The maximum atomic E-state index is 12.5. The number of halogens is 1. The number of nitrogens with two attached hydrogens (primary N) is 1. The molecule has 1 aliphatic rings. The maximum Gasteiger partial charge on any atom is 0.251 e. The lowest BCUT2D eigenvalue weighted by molar-refractivity contribution is -0.122. The van der Waals surface area contributed by atoms with Crippen molar-refractivity contribution in [3.05, 3.63) is 42.5 Å². The second-order valence-corrected chi connectivity index (χ2v) is 6.37. The van der Waals surface area contributed by atoms with Gasteiger partial charge in [0.05, 0.1) is 5.92 Å². The zero-order valence-corrected chi connectivity index (χ0v) is 14.8. The van der Waals surface area contributed by atoms with Crippen molar-refractivity contribution in [1.29, 1.82) is 0 Å². The molecule has 2 atom stereocenters. The summed E-state index contributed by atoms with van der Waals surface area (Å²) in [6.45, 7) is 5.93. The van der Waals surface area contributed by atoms with Crippen molar-refractivity contribution >= 4 is 29.9 Å². The Hall–Kier alpha value is -1.85. The lowest BCUT2D eigenvalue weighted by atomic mass is 9.74. The normalized spacial score (nSPS) is 22.8. The molecular weight excluding hydrogens is 326 g/mol. The van der Waals surface area contributed by atoms with Crippen molar-refractivity contribution < 1.29 is 9.59 Å². The quantitative estimate of drug-likeness (QED) is 0.713. The average molecular weight is 352 g/mol. The molecule has 1 aromatic carbocycles. The second kappa shape index (κ2) is 8.85. The van der Waals surface area contributed by atoms with Crippen LogP contribution in [-0.4, -0.2) is 23.9 Å². The third-order valence-corrected chi connectivity index (χ3v) is 4.39. The predicted octanol–water partition coefficient (Wildman–Crippen LogP) is 2.87. The van der Waals surface area contributed by atoms with Crippen LogP contribution >= 0.6 is 12.4 Å². The minimum atomic E-state index is -0.452. The van der Waals surface area contributed by atoms with Crippen LogP contribution in [0, 0.1) is 5.92 Å². The van der Waals surface area contributed by atoms with E-state index in [0.29, 0.717) is 17.8 Å². The molecule has 1 fully saturated rings. The van der Waals surface area contributed by atoms with Gasteiger partial charge in [-0.15, -0.1) is 19.0 Å². The molecular formula is C18H26ClN3O2. The van der Waals surface area contributed by atoms with Gasteiger partial charge in [0.15, 0.2) is 0 Å². The Morgan fingerprint density at radius 3 is 2.58 bits per heavy atom. The van der Waals surface area contributed by atoms with E-state index in [1.54, 1.807) is 30.3 Å². The molecule has 2 rings (SSSR count). The number of hydrogen-bond acceptors (Lipinski definition) is 3. The van der Waals surface area contributed by atoms with Crippen molar-refractivity contribution in [2.75, 3.05) is 11.9 Å². The van der Waals surface area contributed by atoms with E-state index >= 15 is 0 Å². The summed E-state index contributed by atoms with van der Waals surface area (Å²) in [4.78, 5) is 24.3. The van der Waals surface area contributed by atoms with Crippen LogP contribution in [0.3, 0.4) is 0 Å². The van der Waals surface area contributed by atoms with Gasteiger partial charge in [-0.2, -0.15) is 0 Å². The summed E-state index contributed by atoms with van der Waals surface area (Å²) in [7, 11) is 0. The Labute approximate surface area is 149 Å². The van der Waals surface area contributed by atoms with E-state index in [1.165, 1.54) is 0 Å². The molecule has 4 N–H and O–H groups in total. The van der Waals surface area contributed by atoms with Gasteiger partial charge in [0, 0.05) is 23.3 Å². The minimum absolute atomic E-state index is 0. The van der Waals surface area contributed by atoms with Crippen LogP contribution in [0.5, 0.6) is 0 Å². The molecule has 2 unspecified atom stereocenters. The Balaban J connectivity index is 0.00000288. The molecule has 0 aliphatic heterocycles. The topological polar surface area (TPSA) is 84.2 Å². The smallest absolute Gasteiger partial charge is 0.251 e. The van der Waals surface area contributed by atoms with E-state index in [1.807, 2.05) is 6.92 Å². The molecule has 0 heterocycles. The molecule has 5 nitrogen and oxygen atoms in total. The zero-order chi connectivity index (χ0) is 16.9. The van der Waals surface area contributed by atoms with Crippen LogP contribution in [-0.2, 0) is 4.79 Å². The average Bonchev–Trinajstić information content (AvgIpc) is 2.52. The van der Waals surface area contributed by atoms with Crippen LogP contribution in [0.25, 0.3) is 0 Å². The standard InChI is InChI=1S/C18H25N3O2.ClH/c1-3-12-20-16(22)13-7-9-14(10-8-13)21-17(23)15-6-4-5-11-18(15,2)19;/h3,7-10,15H,1,4-6,11-12,19H2,2H3,(H,20,22)(H,21,23);1H. The van der Waals surface area contributed by atoms with Crippen LogP contribution in [0.1, 0.15) is 43.0 Å². The number of carbonyl (C=O) groups excluding carboxylic acids is 2. The monoisotopic (exact) mass is 351 g/mol. The predicted molar refractivity (Wildman–Crippen MR) is 99.4 cm³/mol. The van der Waals surface area contributed by atoms with Gasteiger partial charge in [-0.05, 0) is 44.0 Å². The SMILES string of the molecule is C=CCNC(=O)c1ccc(NC(=O)C2CCCCC2(C)N)cc1.Cl. The molecule has 0 spiro atoms. The van der Waals surface area contributed by atoms with Gasteiger partial charge in [0.25, 0.3) is 5.91 Å². The summed E-state index contributed by atoms with van der Waals surface area (Å²) in [5.41, 5.74) is 7.04. The first-order valence-electron chi connectivity index (χ1n) is 8.03. The Morgan fingerprint density at radius 1 is 1.33 bits per heavy atom. The van der Waals surface area contributed by atoms with Crippen LogP contribution in [0.4, 0.5) is 5.69 Å². The van der Waals surface area contributed by atoms with Crippen molar-refractivity contribution in [2.45, 2.75) is 38.1 Å². The summed E-state index contributed by atoms with van der Waals surface area (Å²) in [5, 5.41) is 5.62. The first kappa shape index (κ1) is 20.2. The number of carbonyl (C=O) groups is 2. The Morgan fingerprint density at radius 2 is 2.00 bits per heavy atom. The fourth-order valence-corrected chi connectivity index (χ4v) is 2.99. The fraction of sp³-hybridized carbons (Fsp3) is 0.444. The molecule has 1 saturated carbocycles. The van der Waals surface area contributed by atoms with Crippen molar-refractivity contribution in [3.63, 3.8) is 0 Å². The molecule has 0 saturated heterocycles. The van der Waals surface area contributed by atoms with E-state index in [-0.39, 0.29) is 30.1 Å². The number of anilines is 1. The largest absolute Gasteiger partial charge is 0.349 e. The molecule has 6 heteroatoms. The van der Waals surface area contributed by atoms with E-state index in [4.69, 9.17) is 5.73 Å². The first-order valence-corrected chi connectivity index (χ1v) is 8.03. The Bertz CT molecular complexity index is 584. The number of rotatable bonds is 5. The lowest BCUT2D eigenvalue weighted by Gasteiger charge is -2.37. The van der Waals surface area contributed by atoms with E-state index in [9.17, 15) is 9.59 Å². The summed E-state index contributed by atoms with van der Waals surface area (Å²) in [5.74, 6) is -0.380. The van der Waals surface area contributed by atoms with Crippen molar-refractivity contribution in [1.82, 2.24) is 5.32 Å². The van der Waals surface area contributed by atoms with Gasteiger partial charge in [-0.1, -0.05) is 18.9 Å². The molecule has 2 amide bonds. The van der Waals surface area contributed by atoms with Crippen molar-refractivity contribution in [3.8, 4) is 0 Å².